The molecule has 0 saturated carbocycles. The number of nitrogens with zero attached hydrogens (tertiary/aromatic N) is 2. The van der Waals surface area contributed by atoms with Gasteiger partial charge in [0.2, 0.25) is 0 Å². The van der Waals surface area contributed by atoms with E-state index in [1.807, 2.05) is 42.5 Å². The minimum absolute atomic E-state index is 0. The van der Waals surface area contributed by atoms with Gasteiger partial charge in [0.25, 0.3) is 0 Å². The Kier molecular flexibility index (Phi) is 8.21. The van der Waals surface area contributed by atoms with Crippen LogP contribution in [0.15, 0.2) is 53.3 Å². The highest BCUT2D eigenvalue weighted by molar-refractivity contribution is 9.10. The molecule has 3 rings (SSSR count). The maximum atomic E-state index is 5.53. The van der Waals surface area contributed by atoms with Gasteiger partial charge in [0.05, 0.1) is 5.52 Å². The lowest BCUT2D eigenvalue weighted by molar-refractivity contribution is 1.02. The minimum Gasteiger partial charge on any atom is -0.384 e. The van der Waals surface area contributed by atoms with Crippen LogP contribution in [0.2, 0.25) is 0 Å². The molecule has 8 heteroatoms. The van der Waals surface area contributed by atoms with Crippen molar-refractivity contribution in [3.8, 4) is 0 Å². The van der Waals surface area contributed by atoms with Gasteiger partial charge in [0.15, 0.2) is 0 Å². The van der Waals surface area contributed by atoms with Crippen LogP contribution < -0.4 is 16.4 Å². The van der Waals surface area contributed by atoms with E-state index in [1.165, 1.54) is 0 Å². The molecule has 0 atom stereocenters. The molecule has 2 aromatic carbocycles. The van der Waals surface area contributed by atoms with Gasteiger partial charge >= 0.3 is 0 Å². The average Bonchev–Trinajstić information content (AvgIpc) is 2.53. The van der Waals surface area contributed by atoms with Crippen LogP contribution in [0.25, 0.3) is 10.9 Å². The van der Waals surface area contributed by atoms with Gasteiger partial charge in [-0.1, -0.05) is 22.0 Å². The van der Waals surface area contributed by atoms with Crippen molar-refractivity contribution in [2.75, 3.05) is 23.7 Å². The lowest BCUT2D eigenvalue weighted by Gasteiger charge is -2.10. The molecule has 1 heterocycles. The number of hydrogen-bond acceptors (Lipinski definition) is 5. The van der Waals surface area contributed by atoms with E-state index in [-0.39, 0.29) is 24.8 Å². The summed E-state index contributed by atoms with van der Waals surface area (Å²) in [7, 11) is 0. The van der Waals surface area contributed by atoms with Crippen LogP contribution in [0, 0.1) is 0 Å². The number of nitrogens with one attached hydrogen (secondary N) is 2. The highest BCUT2D eigenvalue weighted by Crippen LogP contribution is 2.26. The number of hydrogen-bond donors (Lipinski definition) is 3. The zero-order chi connectivity index (χ0) is 15.4. The summed E-state index contributed by atoms with van der Waals surface area (Å²) in [4.78, 5) is 8.67. The summed E-state index contributed by atoms with van der Waals surface area (Å²) in [5.74, 6) is 0.777. The fraction of sp³-hybridized carbons (Fsp3) is 0.125. The fourth-order valence-electron chi connectivity index (χ4n) is 2.19. The van der Waals surface area contributed by atoms with E-state index in [2.05, 4.69) is 36.5 Å². The summed E-state index contributed by atoms with van der Waals surface area (Å²) in [6.07, 6.45) is 1.57. The van der Waals surface area contributed by atoms with Crippen molar-refractivity contribution in [2.24, 2.45) is 5.73 Å². The average molecular weight is 431 g/mol. The predicted molar refractivity (Wildman–Crippen MR) is 109 cm³/mol. The van der Waals surface area contributed by atoms with E-state index in [9.17, 15) is 0 Å². The molecule has 0 spiro atoms. The number of anilines is 3. The monoisotopic (exact) mass is 429 g/mol. The van der Waals surface area contributed by atoms with E-state index in [1.54, 1.807) is 6.33 Å². The molecular weight excluding hydrogens is 413 g/mol. The topological polar surface area (TPSA) is 75.9 Å². The molecule has 3 aromatic rings. The summed E-state index contributed by atoms with van der Waals surface area (Å²) in [5, 5.41) is 7.57. The molecule has 0 amide bonds. The van der Waals surface area contributed by atoms with Crippen LogP contribution in [-0.2, 0) is 0 Å². The first-order chi connectivity index (χ1) is 10.8. The maximum Gasteiger partial charge on any atom is 0.141 e. The zero-order valence-electron chi connectivity index (χ0n) is 12.7. The second-order valence-corrected chi connectivity index (χ2v) is 5.72. The van der Waals surface area contributed by atoms with Crippen LogP contribution in [0.5, 0.6) is 0 Å². The summed E-state index contributed by atoms with van der Waals surface area (Å²) in [6, 6.07) is 14.0. The van der Waals surface area contributed by atoms with Crippen LogP contribution >= 0.6 is 40.7 Å². The Balaban J connectivity index is 0.00000144. The smallest absolute Gasteiger partial charge is 0.141 e. The summed E-state index contributed by atoms with van der Waals surface area (Å²) < 4.78 is 1.01. The van der Waals surface area contributed by atoms with Gasteiger partial charge in [-0.15, -0.1) is 24.8 Å². The van der Waals surface area contributed by atoms with Gasteiger partial charge in [-0.2, -0.15) is 0 Å². The number of rotatable bonds is 5. The molecule has 0 aliphatic heterocycles. The lowest BCUT2D eigenvalue weighted by Crippen LogP contribution is -2.13. The zero-order valence-corrected chi connectivity index (χ0v) is 15.9. The van der Waals surface area contributed by atoms with Gasteiger partial charge in [-0.3, -0.25) is 0 Å². The van der Waals surface area contributed by atoms with Gasteiger partial charge < -0.3 is 16.4 Å². The number of nitrogens with two attached hydrogens (primary N) is 1. The molecular formula is C16H18BrCl2N5. The van der Waals surface area contributed by atoms with Crippen molar-refractivity contribution in [3.05, 3.63) is 53.3 Å². The van der Waals surface area contributed by atoms with Crippen molar-refractivity contribution < 1.29 is 0 Å². The Bertz CT molecular complexity index is 800. The first-order valence-electron chi connectivity index (χ1n) is 6.97. The molecule has 24 heavy (non-hydrogen) atoms. The molecule has 0 bridgehead atoms. The molecule has 128 valence electrons. The molecule has 0 aliphatic carbocycles. The number of halogens is 3. The fourth-order valence-corrected chi connectivity index (χ4v) is 2.58. The van der Waals surface area contributed by atoms with Crippen molar-refractivity contribution in [2.45, 2.75) is 0 Å². The molecule has 0 aliphatic rings. The minimum atomic E-state index is 0. The standard InChI is InChI=1S/C16H16BrN5.2ClH/c17-11-2-1-3-13(8-11)22-16-14-9-12(19-7-6-18)4-5-15(14)20-10-21-16;;/h1-5,8-10,19H,6-7,18H2,(H,20,21,22);2*1H. The van der Waals surface area contributed by atoms with Gasteiger partial charge in [0.1, 0.15) is 12.1 Å². The first kappa shape index (κ1) is 20.4. The molecule has 0 radical (unpaired) electrons. The third-order valence-electron chi connectivity index (χ3n) is 3.20. The molecule has 5 nitrogen and oxygen atoms in total. The third kappa shape index (κ3) is 4.95. The molecule has 4 N–H and O–H groups in total. The maximum absolute atomic E-state index is 5.53. The Morgan fingerprint density at radius 3 is 2.58 bits per heavy atom. The molecule has 0 unspecified atom stereocenters. The Morgan fingerprint density at radius 1 is 1.00 bits per heavy atom. The van der Waals surface area contributed by atoms with E-state index in [4.69, 9.17) is 5.73 Å². The van der Waals surface area contributed by atoms with Gasteiger partial charge in [-0.05, 0) is 36.4 Å². The lowest BCUT2D eigenvalue weighted by atomic mass is 10.2. The van der Waals surface area contributed by atoms with E-state index < -0.39 is 0 Å². The van der Waals surface area contributed by atoms with Gasteiger partial charge in [0, 0.05) is 34.3 Å². The normalized spacial score (nSPS) is 9.75. The van der Waals surface area contributed by atoms with Crippen LogP contribution in [0.4, 0.5) is 17.2 Å². The molecule has 0 fully saturated rings. The van der Waals surface area contributed by atoms with Crippen molar-refractivity contribution in [1.29, 1.82) is 0 Å². The summed E-state index contributed by atoms with van der Waals surface area (Å²) in [6.45, 7) is 1.32. The van der Waals surface area contributed by atoms with Crippen LogP contribution in [-0.4, -0.2) is 23.1 Å². The second-order valence-electron chi connectivity index (χ2n) is 4.81. The number of aromatic nitrogens is 2. The number of benzene rings is 2. The van der Waals surface area contributed by atoms with Crippen LogP contribution in [0.3, 0.4) is 0 Å². The second kappa shape index (κ2) is 9.64. The van der Waals surface area contributed by atoms with E-state index >= 15 is 0 Å². The summed E-state index contributed by atoms with van der Waals surface area (Å²) in [5.41, 5.74) is 8.40. The quantitative estimate of drug-likeness (QED) is 0.560. The van der Waals surface area contributed by atoms with E-state index in [0.717, 1.165) is 39.1 Å². The highest BCUT2D eigenvalue weighted by atomic mass is 79.9. The van der Waals surface area contributed by atoms with E-state index in [0.29, 0.717) is 6.54 Å². The van der Waals surface area contributed by atoms with Crippen molar-refractivity contribution in [1.82, 2.24) is 9.97 Å². The first-order valence-corrected chi connectivity index (χ1v) is 7.77. The Labute approximate surface area is 161 Å². The van der Waals surface area contributed by atoms with Crippen molar-refractivity contribution >= 4 is 68.8 Å². The number of fused-ring (bicyclic) bond motifs is 1. The molecule has 0 saturated heterocycles. The summed E-state index contributed by atoms with van der Waals surface area (Å²) >= 11 is 3.47. The van der Waals surface area contributed by atoms with Crippen molar-refractivity contribution in [3.63, 3.8) is 0 Å². The highest BCUT2D eigenvalue weighted by Gasteiger charge is 2.05. The Morgan fingerprint density at radius 2 is 1.83 bits per heavy atom. The Hall–Kier alpha value is -1.60. The SMILES string of the molecule is Cl.Cl.NCCNc1ccc2ncnc(Nc3cccc(Br)c3)c2c1. The van der Waals surface area contributed by atoms with Crippen LogP contribution in [0.1, 0.15) is 0 Å². The largest absolute Gasteiger partial charge is 0.384 e. The molecule has 1 aromatic heterocycles. The van der Waals surface area contributed by atoms with Gasteiger partial charge in [-0.25, -0.2) is 9.97 Å². The third-order valence-corrected chi connectivity index (χ3v) is 3.69. The predicted octanol–water partition coefficient (Wildman–Crippen LogP) is 4.35.